The molecule has 0 amide bonds. The highest BCUT2D eigenvalue weighted by Crippen LogP contribution is 2.47. The molecule has 10 heteroatoms. The Kier molecular flexibility index (Phi) is 7.38. The highest BCUT2D eigenvalue weighted by Gasteiger charge is 2.43. The van der Waals surface area contributed by atoms with Crippen LogP contribution in [0.25, 0.3) is 0 Å². The molecule has 2 aromatic carbocycles. The van der Waals surface area contributed by atoms with Crippen molar-refractivity contribution in [2.45, 2.75) is 55.2 Å². The second-order valence-corrected chi connectivity index (χ2v) is 14.1. The number of allylic oxidation sites excluding steroid dienone is 8. The van der Waals surface area contributed by atoms with Crippen molar-refractivity contribution in [3.8, 4) is 0 Å². The normalized spacial score (nSPS) is 19.8. The minimum Gasteiger partial charge on any atom is -0.347 e. The summed E-state index contributed by atoms with van der Waals surface area (Å²) in [5.41, 5.74) is 5.47. The summed E-state index contributed by atoms with van der Waals surface area (Å²) in [6.07, 6.45) is 11.9. The van der Waals surface area contributed by atoms with E-state index in [1.165, 1.54) is 24.3 Å². The Labute approximate surface area is 236 Å². The fourth-order valence-corrected chi connectivity index (χ4v) is 6.60. The summed E-state index contributed by atoms with van der Waals surface area (Å²) in [4.78, 5) is 1.78. The highest BCUT2D eigenvalue weighted by molar-refractivity contribution is 7.86. The Hall–Kier alpha value is -3.31. The summed E-state index contributed by atoms with van der Waals surface area (Å²) in [6, 6.07) is 9.30. The van der Waals surface area contributed by atoms with E-state index < -0.39 is 31.1 Å². The number of fused-ring (bicyclic) bond motifs is 2. The van der Waals surface area contributed by atoms with Gasteiger partial charge in [-0.15, -0.1) is 0 Å². The first-order valence-electron chi connectivity index (χ1n) is 12.7. The zero-order valence-electron chi connectivity index (χ0n) is 23.7. The molecule has 0 spiro atoms. The molecule has 0 fully saturated rings. The van der Waals surface area contributed by atoms with Gasteiger partial charge in [0.15, 0.2) is 5.71 Å². The van der Waals surface area contributed by atoms with Gasteiger partial charge in [-0.3, -0.25) is 9.11 Å². The minimum absolute atomic E-state index is 0.119. The lowest BCUT2D eigenvalue weighted by Gasteiger charge is -2.23. The molecule has 8 nitrogen and oxygen atoms in total. The van der Waals surface area contributed by atoms with Gasteiger partial charge >= 0.3 is 0 Å². The van der Waals surface area contributed by atoms with Crippen molar-refractivity contribution < 1.29 is 30.5 Å². The van der Waals surface area contributed by atoms with Gasteiger partial charge in [-0.2, -0.15) is 21.4 Å². The maximum absolute atomic E-state index is 11.7. The van der Waals surface area contributed by atoms with Crippen molar-refractivity contribution in [1.29, 1.82) is 0 Å². The van der Waals surface area contributed by atoms with Gasteiger partial charge in [0, 0.05) is 41.6 Å². The van der Waals surface area contributed by atoms with Crippen LogP contribution in [0.2, 0.25) is 0 Å². The number of nitrogens with zero attached hydrogens (tertiary/aromatic N) is 2. The monoisotopic (exact) mass is 583 g/mol. The third kappa shape index (κ3) is 5.24. The molecule has 0 radical (unpaired) electrons. The van der Waals surface area contributed by atoms with Gasteiger partial charge in [-0.05, 0) is 62.7 Å². The molecule has 2 N–H and O–H groups in total. The molecule has 0 atom stereocenters. The molecule has 2 aliphatic rings. The average Bonchev–Trinajstić information content (AvgIpc) is 3.16. The first-order valence-corrected chi connectivity index (χ1v) is 15.6. The van der Waals surface area contributed by atoms with Crippen molar-refractivity contribution >= 4 is 37.3 Å². The highest BCUT2D eigenvalue weighted by atomic mass is 32.2. The summed E-state index contributed by atoms with van der Waals surface area (Å²) in [7, 11) is -4.72. The quantitative estimate of drug-likeness (QED) is 0.260. The van der Waals surface area contributed by atoms with Crippen molar-refractivity contribution in [3.05, 3.63) is 95.3 Å². The topological polar surface area (TPSA) is 115 Å². The Morgan fingerprint density at radius 2 is 1.45 bits per heavy atom. The van der Waals surface area contributed by atoms with Crippen LogP contribution in [0.1, 0.15) is 45.7 Å². The van der Waals surface area contributed by atoms with E-state index in [1.54, 1.807) is 12.1 Å². The molecular weight excluding hydrogens is 548 g/mol. The summed E-state index contributed by atoms with van der Waals surface area (Å²) < 4.78 is 67.6. The lowest BCUT2D eigenvalue weighted by molar-refractivity contribution is -0.401. The van der Waals surface area contributed by atoms with E-state index in [1.807, 2.05) is 94.6 Å². The molecule has 0 saturated heterocycles. The van der Waals surface area contributed by atoms with E-state index in [2.05, 4.69) is 0 Å². The van der Waals surface area contributed by atoms with Gasteiger partial charge in [0.1, 0.15) is 7.05 Å². The number of hydrogen-bond acceptors (Lipinski definition) is 5. The number of rotatable bonds is 6. The lowest BCUT2D eigenvalue weighted by Crippen LogP contribution is -2.26. The molecule has 2 heterocycles. The minimum atomic E-state index is -4.29. The maximum Gasteiger partial charge on any atom is 0.294 e. The van der Waals surface area contributed by atoms with Crippen LogP contribution in [0, 0.1) is 0 Å². The molecule has 40 heavy (non-hydrogen) atoms. The standard InChI is InChI=1S/C30H34N2O6S2/c1-20(10-8-12-27-29(2,3)23-18-21(39(33,34)35)14-16-25(23)31(27)6)11-9-13-28-30(4,5)24-19-22(40(36,37)38)15-17-26(24)32(28)7/h8-19H,1-7H3,(H-,33,34,35,36,37,38)/p+1. The van der Waals surface area contributed by atoms with Crippen LogP contribution in [-0.2, 0) is 31.1 Å². The van der Waals surface area contributed by atoms with Gasteiger partial charge in [0.2, 0.25) is 5.69 Å². The van der Waals surface area contributed by atoms with Crippen molar-refractivity contribution in [2.75, 3.05) is 19.0 Å². The molecule has 2 aliphatic heterocycles. The number of anilines is 1. The largest absolute Gasteiger partial charge is 0.347 e. The third-order valence-electron chi connectivity index (χ3n) is 7.83. The van der Waals surface area contributed by atoms with Crippen LogP contribution < -0.4 is 4.90 Å². The van der Waals surface area contributed by atoms with Crippen molar-refractivity contribution in [1.82, 2.24) is 0 Å². The first-order chi connectivity index (χ1) is 18.4. The van der Waals surface area contributed by atoms with Crippen LogP contribution in [-0.4, -0.2) is 50.3 Å². The number of benzene rings is 2. The zero-order chi connectivity index (χ0) is 29.8. The average molecular weight is 584 g/mol. The molecule has 0 aromatic heterocycles. The van der Waals surface area contributed by atoms with E-state index in [9.17, 15) is 25.9 Å². The Morgan fingerprint density at radius 3 is 2.05 bits per heavy atom. The second kappa shape index (κ2) is 9.95. The first kappa shape index (κ1) is 29.7. The fraction of sp³-hybridized carbons (Fsp3) is 0.300. The van der Waals surface area contributed by atoms with Gasteiger partial charge < -0.3 is 4.90 Å². The summed E-state index contributed by atoms with van der Waals surface area (Å²) in [5.74, 6) is 0. The predicted octanol–water partition coefficient (Wildman–Crippen LogP) is 5.56. The molecular formula is C30H35N2O6S2+. The smallest absolute Gasteiger partial charge is 0.294 e. The van der Waals surface area contributed by atoms with Crippen LogP contribution in [0.5, 0.6) is 0 Å². The second-order valence-electron chi connectivity index (χ2n) is 11.2. The molecule has 0 bridgehead atoms. The Morgan fingerprint density at radius 1 is 0.875 bits per heavy atom. The number of likely N-dealkylation sites (N-methyl/N-ethyl adjacent to an activating group) is 1. The summed E-state index contributed by atoms with van der Waals surface area (Å²) in [6.45, 7) is 10.0. The van der Waals surface area contributed by atoms with E-state index in [4.69, 9.17) is 0 Å². The molecule has 4 rings (SSSR count). The van der Waals surface area contributed by atoms with Gasteiger partial charge in [-0.25, -0.2) is 0 Å². The van der Waals surface area contributed by atoms with Crippen LogP contribution in [0.15, 0.2) is 93.9 Å². The lowest BCUT2D eigenvalue weighted by atomic mass is 9.81. The van der Waals surface area contributed by atoms with Crippen molar-refractivity contribution in [3.63, 3.8) is 0 Å². The van der Waals surface area contributed by atoms with Crippen LogP contribution in [0.4, 0.5) is 11.4 Å². The molecule has 0 aliphatic carbocycles. The van der Waals surface area contributed by atoms with Crippen LogP contribution >= 0.6 is 0 Å². The maximum atomic E-state index is 11.7. The molecule has 0 unspecified atom stereocenters. The van der Waals surface area contributed by atoms with E-state index in [-0.39, 0.29) is 9.79 Å². The van der Waals surface area contributed by atoms with E-state index in [0.29, 0.717) is 0 Å². The summed E-state index contributed by atoms with van der Waals surface area (Å²) >= 11 is 0. The molecule has 0 saturated carbocycles. The Balaban J connectivity index is 1.55. The zero-order valence-corrected chi connectivity index (χ0v) is 25.3. The van der Waals surface area contributed by atoms with E-state index in [0.717, 1.165) is 39.5 Å². The van der Waals surface area contributed by atoms with E-state index >= 15 is 0 Å². The van der Waals surface area contributed by atoms with Crippen molar-refractivity contribution in [2.24, 2.45) is 0 Å². The predicted molar refractivity (Wildman–Crippen MR) is 158 cm³/mol. The number of hydrogen-bond donors (Lipinski definition) is 2. The van der Waals surface area contributed by atoms with Gasteiger partial charge in [-0.1, -0.05) is 43.7 Å². The Bertz CT molecular complexity index is 1770. The fourth-order valence-electron chi connectivity index (χ4n) is 5.59. The van der Waals surface area contributed by atoms with Crippen LogP contribution in [0.3, 0.4) is 0 Å². The SMILES string of the molecule is CC(/C=C/C=C1/N(C)c2ccc(S(=O)(=O)O)cc2C1(C)C)=C\C=C\C1=[N+](C)c2ccc(S(=O)(=O)O)cc2C1(C)C. The molecule has 212 valence electrons. The van der Waals surface area contributed by atoms with Gasteiger partial charge in [0.25, 0.3) is 20.2 Å². The molecule has 2 aromatic rings. The van der Waals surface area contributed by atoms with Gasteiger partial charge in [0.05, 0.1) is 15.2 Å². The summed E-state index contributed by atoms with van der Waals surface area (Å²) in [5, 5.41) is 0. The third-order valence-corrected chi connectivity index (χ3v) is 9.53.